The molecule has 0 bridgehead atoms. The molecule has 0 aliphatic rings. The first-order chi connectivity index (χ1) is 12.3. The van der Waals surface area contributed by atoms with E-state index in [-0.39, 0.29) is 5.91 Å². The maximum absolute atomic E-state index is 12.8. The zero-order valence-corrected chi connectivity index (χ0v) is 14.9. The molecule has 0 aromatic heterocycles. The van der Waals surface area contributed by atoms with Gasteiger partial charge in [0.2, 0.25) is 5.91 Å². The van der Waals surface area contributed by atoms with E-state index >= 15 is 0 Å². The van der Waals surface area contributed by atoms with Gasteiger partial charge in [-0.3, -0.25) is 4.79 Å². The fourth-order valence-corrected chi connectivity index (χ4v) is 3.42. The van der Waals surface area contributed by atoms with Gasteiger partial charge in [0.1, 0.15) is 0 Å². The highest BCUT2D eigenvalue weighted by molar-refractivity contribution is 8.00. The van der Waals surface area contributed by atoms with Crippen molar-refractivity contribution >= 4 is 17.7 Å². The predicted octanol–water partition coefficient (Wildman–Crippen LogP) is 5.01. The maximum atomic E-state index is 12.8. The van der Waals surface area contributed by atoms with Crippen LogP contribution in [0.25, 0.3) is 0 Å². The van der Waals surface area contributed by atoms with Crippen LogP contribution in [-0.2, 0) is 17.9 Å². The second-order valence-electron chi connectivity index (χ2n) is 5.82. The van der Waals surface area contributed by atoms with Gasteiger partial charge < -0.3 is 4.90 Å². The van der Waals surface area contributed by atoms with E-state index < -0.39 is 0 Å². The topological polar surface area (TPSA) is 20.3 Å². The molecule has 0 saturated heterocycles. The van der Waals surface area contributed by atoms with E-state index in [1.54, 1.807) is 11.8 Å². The van der Waals surface area contributed by atoms with Crippen LogP contribution in [0.5, 0.6) is 0 Å². The molecule has 0 radical (unpaired) electrons. The summed E-state index contributed by atoms with van der Waals surface area (Å²) in [4.78, 5) is 15.9. The Morgan fingerprint density at radius 2 is 1.12 bits per heavy atom. The van der Waals surface area contributed by atoms with Crippen molar-refractivity contribution in [3.8, 4) is 0 Å². The number of thioether (sulfide) groups is 1. The lowest BCUT2D eigenvalue weighted by atomic mass is 10.1. The van der Waals surface area contributed by atoms with E-state index in [0.29, 0.717) is 18.8 Å². The number of rotatable bonds is 7. The molecule has 25 heavy (non-hydrogen) atoms. The minimum Gasteiger partial charge on any atom is -0.333 e. The summed E-state index contributed by atoms with van der Waals surface area (Å²) < 4.78 is 0. The monoisotopic (exact) mass is 347 g/mol. The first-order valence-corrected chi connectivity index (χ1v) is 9.33. The first kappa shape index (κ1) is 17.3. The second kappa shape index (κ2) is 9.09. The molecule has 0 aliphatic heterocycles. The molecular weight excluding hydrogens is 326 g/mol. The number of hydrogen-bond donors (Lipinski definition) is 0. The summed E-state index contributed by atoms with van der Waals surface area (Å²) in [5, 5.41) is 0. The van der Waals surface area contributed by atoms with Gasteiger partial charge in [-0.1, -0.05) is 78.9 Å². The Morgan fingerprint density at radius 3 is 1.60 bits per heavy atom. The lowest BCUT2D eigenvalue weighted by Crippen LogP contribution is -2.31. The molecule has 0 N–H and O–H groups in total. The quantitative estimate of drug-likeness (QED) is 0.560. The molecule has 3 aromatic rings. The van der Waals surface area contributed by atoms with E-state index in [2.05, 4.69) is 24.3 Å². The third-order valence-electron chi connectivity index (χ3n) is 3.89. The third kappa shape index (κ3) is 5.50. The van der Waals surface area contributed by atoms with Crippen LogP contribution in [0.4, 0.5) is 0 Å². The van der Waals surface area contributed by atoms with Crippen LogP contribution in [0, 0.1) is 0 Å². The van der Waals surface area contributed by atoms with Crippen LogP contribution < -0.4 is 0 Å². The van der Waals surface area contributed by atoms with Crippen LogP contribution >= 0.6 is 11.8 Å². The van der Waals surface area contributed by atoms with E-state index in [9.17, 15) is 4.79 Å². The molecule has 3 aromatic carbocycles. The molecule has 3 rings (SSSR count). The molecule has 0 aliphatic carbocycles. The molecule has 0 unspecified atom stereocenters. The largest absolute Gasteiger partial charge is 0.333 e. The lowest BCUT2D eigenvalue weighted by molar-refractivity contribution is -0.129. The number of amides is 1. The standard InChI is InChI=1S/C22H21NOS/c24-22(18-25-21-14-8-3-9-15-21)23(16-19-10-4-1-5-11-19)17-20-12-6-2-7-13-20/h1-15H,16-18H2. The zero-order valence-electron chi connectivity index (χ0n) is 14.0. The second-order valence-corrected chi connectivity index (χ2v) is 6.87. The van der Waals surface area contributed by atoms with Gasteiger partial charge >= 0.3 is 0 Å². The van der Waals surface area contributed by atoms with Crippen LogP contribution in [0.2, 0.25) is 0 Å². The van der Waals surface area contributed by atoms with Crippen molar-refractivity contribution in [3.63, 3.8) is 0 Å². The number of benzene rings is 3. The van der Waals surface area contributed by atoms with Gasteiger partial charge in [0.15, 0.2) is 0 Å². The lowest BCUT2D eigenvalue weighted by Gasteiger charge is -2.23. The predicted molar refractivity (Wildman–Crippen MR) is 104 cm³/mol. The van der Waals surface area contributed by atoms with Gasteiger partial charge in [0, 0.05) is 18.0 Å². The van der Waals surface area contributed by atoms with Crippen molar-refractivity contribution in [1.29, 1.82) is 0 Å². The van der Waals surface area contributed by atoms with Gasteiger partial charge in [-0.2, -0.15) is 0 Å². The summed E-state index contributed by atoms with van der Waals surface area (Å²) in [7, 11) is 0. The van der Waals surface area contributed by atoms with Gasteiger partial charge in [-0.15, -0.1) is 11.8 Å². The Bertz CT molecular complexity index is 733. The SMILES string of the molecule is O=C(CSc1ccccc1)N(Cc1ccccc1)Cc1ccccc1. The summed E-state index contributed by atoms with van der Waals surface area (Å²) in [6, 6.07) is 30.4. The minimum atomic E-state index is 0.154. The highest BCUT2D eigenvalue weighted by atomic mass is 32.2. The summed E-state index contributed by atoms with van der Waals surface area (Å²) in [6.45, 7) is 1.26. The van der Waals surface area contributed by atoms with Crippen molar-refractivity contribution in [2.24, 2.45) is 0 Å². The molecule has 2 nitrogen and oxygen atoms in total. The van der Waals surface area contributed by atoms with Crippen LogP contribution in [-0.4, -0.2) is 16.6 Å². The number of nitrogens with zero attached hydrogens (tertiary/aromatic N) is 1. The number of hydrogen-bond acceptors (Lipinski definition) is 2. The summed E-state index contributed by atoms with van der Waals surface area (Å²) in [6.07, 6.45) is 0. The molecule has 126 valence electrons. The Labute approximate surface area is 153 Å². The van der Waals surface area contributed by atoms with E-state index in [4.69, 9.17) is 0 Å². The fourth-order valence-electron chi connectivity index (χ4n) is 2.59. The van der Waals surface area contributed by atoms with Crippen molar-refractivity contribution in [2.45, 2.75) is 18.0 Å². The van der Waals surface area contributed by atoms with Crippen LogP contribution in [0.1, 0.15) is 11.1 Å². The molecule has 0 fully saturated rings. The fraction of sp³-hybridized carbons (Fsp3) is 0.136. The third-order valence-corrected chi connectivity index (χ3v) is 4.89. The number of carbonyl (C=O) groups is 1. The Morgan fingerprint density at radius 1 is 0.680 bits per heavy atom. The van der Waals surface area contributed by atoms with Crippen LogP contribution in [0.15, 0.2) is 95.9 Å². The highest BCUT2D eigenvalue weighted by Crippen LogP contribution is 2.19. The Balaban J connectivity index is 1.69. The molecule has 0 atom stereocenters. The average molecular weight is 347 g/mol. The highest BCUT2D eigenvalue weighted by Gasteiger charge is 2.15. The van der Waals surface area contributed by atoms with Crippen LogP contribution in [0.3, 0.4) is 0 Å². The smallest absolute Gasteiger partial charge is 0.233 e. The van der Waals surface area contributed by atoms with Gasteiger partial charge in [-0.05, 0) is 23.3 Å². The van der Waals surface area contributed by atoms with Crippen molar-refractivity contribution in [2.75, 3.05) is 5.75 Å². The summed E-state index contributed by atoms with van der Waals surface area (Å²) in [5.74, 6) is 0.602. The normalized spacial score (nSPS) is 10.4. The van der Waals surface area contributed by atoms with Crippen molar-refractivity contribution < 1.29 is 4.79 Å². The summed E-state index contributed by atoms with van der Waals surface area (Å²) in [5.41, 5.74) is 2.30. The zero-order chi connectivity index (χ0) is 17.3. The summed E-state index contributed by atoms with van der Waals surface area (Å²) >= 11 is 1.59. The molecule has 0 saturated carbocycles. The van der Waals surface area contributed by atoms with Gasteiger partial charge in [0.05, 0.1) is 5.75 Å². The van der Waals surface area contributed by atoms with Crippen molar-refractivity contribution in [3.05, 3.63) is 102 Å². The number of carbonyl (C=O) groups excluding carboxylic acids is 1. The van der Waals surface area contributed by atoms with Gasteiger partial charge in [0.25, 0.3) is 0 Å². The van der Waals surface area contributed by atoms with E-state index in [1.165, 1.54) is 0 Å². The Kier molecular flexibility index (Phi) is 6.29. The van der Waals surface area contributed by atoms with Crippen molar-refractivity contribution in [1.82, 2.24) is 4.90 Å². The van der Waals surface area contributed by atoms with E-state index in [1.807, 2.05) is 71.6 Å². The minimum absolute atomic E-state index is 0.154. The molecule has 0 heterocycles. The molecule has 1 amide bonds. The Hall–Kier alpha value is -2.52. The average Bonchev–Trinajstić information content (AvgIpc) is 2.68. The molecule has 3 heteroatoms. The molecule has 0 spiro atoms. The maximum Gasteiger partial charge on any atom is 0.233 e. The first-order valence-electron chi connectivity index (χ1n) is 8.35. The molecular formula is C22H21NOS. The van der Waals surface area contributed by atoms with E-state index in [0.717, 1.165) is 16.0 Å². The van der Waals surface area contributed by atoms with Gasteiger partial charge in [-0.25, -0.2) is 0 Å².